The molecular weight excluding hydrogens is 385 g/mol. The molecule has 2 aromatic heterocycles. The van der Waals surface area contributed by atoms with Gasteiger partial charge in [0.1, 0.15) is 5.82 Å². The molecule has 0 saturated carbocycles. The summed E-state index contributed by atoms with van der Waals surface area (Å²) in [5.74, 6) is -1.42. The number of hydrogen-bond donors (Lipinski definition) is 3. The van der Waals surface area contributed by atoms with Crippen molar-refractivity contribution in [1.82, 2.24) is 14.9 Å². The Hall–Kier alpha value is -3.71. The van der Waals surface area contributed by atoms with E-state index in [9.17, 15) is 19.1 Å². The summed E-state index contributed by atoms with van der Waals surface area (Å²) in [6.07, 6.45) is 3.98. The molecular formula is C23H18FN3O3. The van der Waals surface area contributed by atoms with E-state index in [2.05, 4.69) is 10.3 Å². The van der Waals surface area contributed by atoms with E-state index in [0.717, 1.165) is 16.4 Å². The Bertz CT molecular complexity index is 1360. The lowest BCUT2D eigenvalue weighted by atomic mass is 9.95. The van der Waals surface area contributed by atoms with E-state index in [1.54, 1.807) is 18.5 Å². The van der Waals surface area contributed by atoms with Gasteiger partial charge < -0.3 is 14.7 Å². The molecule has 3 heterocycles. The molecule has 0 radical (unpaired) electrons. The second-order valence-corrected chi connectivity index (χ2v) is 7.26. The van der Waals surface area contributed by atoms with Gasteiger partial charge in [-0.2, -0.15) is 0 Å². The number of halogens is 1. The molecule has 2 amide bonds. The zero-order valence-electron chi connectivity index (χ0n) is 15.9. The lowest BCUT2D eigenvalue weighted by Gasteiger charge is -2.03. The molecule has 1 aliphatic heterocycles. The Kier molecular flexibility index (Phi) is 4.25. The van der Waals surface area contributed by atoms with Crippen LogP contribution in [0.4, 0.5) is 4.39 Å². The maximum atomic E-state index is 14.1. The lowest BCUT2D eigenvalue weighted by Crippen LogP contribution is -2.22. The van der Waals surface area contributed by atoms with Crippen LogP contribution in [-0.4, -0.2) is 33.1 Å². The molecule has 0 saturated heterocycles. The number of nitrogens with zero attached hydrogens (tertiary/aromatic N) is 1. The average Bonchev–Trinajstić information content (AvgIpc) is 3.39. The van der Waals surface area contributed by atoms with Gasteiger partial charge in [-0.25, -0.2) is 4.39 Å². The van der Waals surface area contributed by atoms with Crippen LogP contribution in [0.3, 0.4) is 0 Å². The van der Waals surface area contributed by atoms with Crippen LogP contribution in [0.5, 0.6) is 0 Å². The molecule has 4 aromatic rings. The van der Waals surface area contributed by atoms with Gasteiger partial charge in [-0.3, -0.25) is 14.9 Å². The number of H-pyrrole nitrogens is 1. The molecule has 5 rings (SSSR count). The van der Waals surface area contributed by atoms with Crippen LogP contribution in [-0.2, 0) is 16.1 Å². The van der Waals surface area contributed by atoms with Gasteiger partial charge in [0.05, 0.1) is 11.1 Å². The van der Waals surface area contributed by atoms with Crippen molar-refractivity contribution in [3.8, 4) is 0 Å². The molecule has 2 aromatic carbocycles. The van der Waals surface area contributed by atoms with E-state index < -0.39 is 17.6 Å². The SMILES string of the molecule is O=C1NC(=O)C(c2cn(CCCO)c3ccc(F)cc23)=C1c1c[nH]c2ccccc12. The van der Waals surface area contributed by atoms with E-state index in [4.69, 9.17) is 0 Å². The Morgan fingerprint density at radius 1 is 0.967 bits per heavy atom. The molecule has 0 unspecified atom stereocenters. The Morgan fingerprint density at radius 2 is 1.73 bits per heavy atom. The van der Waals surface area contributed by atoms with Gasteiger partial charge in [0.25, 0.3) is 11.8 Å². The molecule has 1 aliphatic rings. The number of aryl methyl sites for hydroxylation is 1. The second kappa shape index (κ2) is 6.96. The number of fused-ring (bicyclic) bond motifs is 2. The van der Waals surface area contributed by atoms with Crippen LogP contribution < -0.4 is 5.32 Å². The zero-order chi connectivity index (χ0) is 20.8. The molecule has 6 nitrogen and oxygen atoms in total. The number of rotatable bonds is 5. The van der Waals surface area contributed by atoms with Crippen molar-refractivity contribution in [3.05, 3.63) is 71.8 Å². The van der Waals surface area contributed by atoms with Gasteiger partial charge in [0.2, 0.25) is 0 Å². The fourth-order valence-electron chi connectivity index (χ4n) is 4.14. The number of para-hydroxylation sites is 1. The number of imide groups is 1. The third kappa shape index (κ3) is 2.74. The standard InChI is InChI=1S/C23H18FN3O3/c24-13-6-7-19-15(10-13)17(12-27(19)8-3-9-28)21-20(22(29)26-23(21)30)16-11-25-18-5-2-1-4-14(16)18/h1-2,4-7,10-12,25,28H,3,8-9H2,(H,26,29,30). The highest BCUT2D eigenvalue weighted by atomic mass is 19.1. The van der Waals surface area contributed by atoms with Crippen LogP contribution in [0.15, 0.2) is 54.9 Å². The normalized spacial score (nSPS) is 14.3. The van der Waals surface area contributed by atoms with Gasteiger partial charge in [-0.1, -0.05) is 18.2 Å². The van der Waals surface area contributed by atoms with Crippen molar-refractivity contribution >= 4 is 44.8 Å². The summed E-state index contributed by atoms with van der Waals surface area (Å²) in [5, 5.41) is 13.0. The summed E-state index contributed by atoms with van der Waals surface area (Å²) in [6, 6.07) is 11.9. The maximum absolute atomic E-state index is 14.1. The first-order chi connectivity index (χ1) is 14.6. The van der Waals surface area contributed by atoms with Crippen LogP contribution in [0.2, 0.25) is 0 Å². The first-order valence-corrected chi connectivity index (χ1v) is 9.64. The minimum absolute atomic E-state index is 0.0124. The largest absolute Gasteiger partial charge is 0.396 e. The highest BCUT2D eigenvalue weighted by molar-refractivity contribution is 6.50. The van der Waals surface area contributed by atoms with Crippen molar-refractivity contribution in [2.75, 3.05) is 6.61 Å². The van der Waals surface area contributed by atoms with E-state index in [1.165, 1.54) is 12.1 Å². The van der Waals surface area contributed by atoms with Crippen LogP contribution >= 0.6 is 0 Å². The summed E-state index contributed by atoms with van der Waals surface area (Å²) in [6.45, 7) is 0.516. The number of nitrogens with one attached hydrogen (secondary N) is 2. The summed E-state index contributed by atoms with van der Waals surface area (Å²) < 4.78 is 16.0. The van der Waals surface area contributed by atoms with Gasteiger partial charge in [-0.05, 0) is 30.7 Å². The third-order valence-corrected chi connectivity index (χ3v) is 5.46. The number of benzene rings is 2. The predicted octanol–water partition coefficient (Wildman–Crippen LogP) is 3.21. The van der Waals surface area contributed by atoms with Crippen molar-refractivity contribution in [3.63, 3.8) is 0 Å². The van der Waals surface area contributed by atoms with Gasteiger partial charge in [0, 0.05) is 58.5 Å². The van der Waals surface area contributed by atoms with Crippen molar-refractivity contribution in [2.45, 2.75) is 13.0 Å². The lowest BCUT2D eigenvalue weighted by molar-refractivity contribution is -0.122. The zero-order valence-corrected chi connectivity index (χ0v) is 15.9. The van der Waals surface area contributed by atoms with Gasteiger partial charge in [-0.15, -0.1) is 0 Å². The smallest absolute Gasteiger partial charge is 0.259 e. The van der Waals surface area contributed by atoms with Crippen molar-refractivity contribution in [2.24, 2.45) is 0 Å². The predicted molar refractivity (Wildman–Crippen MR) is 112 cm³/mol. The fraction of sp³-hybridized carbons (Fsp3) is 0.130. The minimum Gasteiger partial charge on any atom is -0.396 e. The fourth-order valence-corrected chi connectivity index (χ4v) is 4.14. The third-order valence-electron chi connectivity index (χ3n) is 5.46. The summed E-state index contributed by atoms with van der Waals surface area (Å²) in [5.41, 5.74) is 3.19. The second-order valence-electron chi connectivity index (χ2n) is 7.26. The highest BCUT2D eigenvalue weighted by Gasteiger charge is 2.35. The molecule has 0 aliphatic carbocycles. The van der Waals surface area contributed by atoms with Crippen LogP contribution in [0.25, 0.3) is 33.0 Å². The highest BCUT2D eigenvalue weighted by Crippen LogP contribution is 2.38. The average molecular weight is 403 g/mol. The molecule has 7 heteroatoms. The first-order valence-electron chi connectivity index (χ1n) is 9.64. The topological polar surface area (TPSA) is 87.1 Å². The molecule has 3 N–H and O–H groups in total. The molecule has 0 bridgehead atoms. The summed E-state index contributed by atoms with van der Waals surface area (Å²) in [7, 11) is 0. The Morgan fingerprint density at radius 3 is 2.53 bits per heavy atom. The molecule has 0 spiro atoms. The quantitative estimate of drug-likeness (QED) is 0.447. The molecule has 0 atom stereocenters. The summed E-state index contributed by atoms with van der Waals surface area (Å²) >= 11 is 0. The number of carbonyl (C=O) groups is 2. The van der Waals surface area contributed by atoms with Crippen molar-refractivity contribution in [1.29, 1.82) is 0 Å². The number of aromatic nitrogens is 2. The number of aromatic amines is 1. The van der Waals surface area contributed by atoms with Crippen LogP contribution in [0.1, 0.15) is 17.5 Å². The number of carbonyl (C=O) groups excluding carboxylic acids is 2. The minimum atomic E-state index is -0.509. The van der Waals surface area contributed by atoms with Crippen LogP contribution in [0, 0.1) is 5.82 Å². The van der Waals surface area contributed by atoms with E-state index >= 15 is 0 Å². The monoisotopic (exact) mass is 403 g/mol. The number of hydrogen-bond acceptors (Lipinski definition) is 3. The van der Waals surface area contributed by atoms with E-state index in [1.807, 2.05) is 28.8 Å². The Balaban J connectivity index is 1.80. The molecule has 0 fully saturated rings. The van der Waals surface area contributed by atoms with Crippen molar-refractivity contribution < 1.29 is 19.1 Å². The maximum Gasteiger partial charge on any atom is 0.259 e. The molecule has 150 valence electrons. The summed E-state index contributed by atoms with van der Waals surface area (Å²) in [4.78, 5) is 28.7. The van der Waals surface area contributed by atoms with Gasteiger partial charge >= 0.3 is 0 Å². The number of aliphatic hydroxyl groups is 1. The molecule has 30 heavy (non-hydrogen) atoms. The number of aliphatic hydroxyl groups excluding tert-OH is 1. The Labute approximate surface area is 170 Å². The first kappa shape index (κ1) is 18.3. The number of amides is 2. The van der Waals surface area contributed by atoms with Gasteiger partial charge in [0.15, 0.2) is 0 Å². The van der Waals surface area contributed by atoms with E-state index in [0.29, 0.717) is 29.5 Å². The van der Waals surface area contributed by atoms with E-state index in [-0.39, 0.29) is 17.8 Å².